The molecule has 1 aliphatic rings. The van der Waals surface area contributed by atoms with Gasteiger partial charge < -0.3 is 5.32 Å². The average molecular weight is 509 g/mol. The fourth-order valence-electron chi connectivity index (χ4n) is 4.03. The minimum atomic E-state index is -4.03. The van der Waals surface area contributed by atoms with Gasteiger partial charge in [0.05, 0.1) is 21.2 Å². The molecule has 0 radical (unpaired) electrons. The van der Waals surface area contributed by atoms with E-state index in [2.05, 4.69) is 5.32 Å². The zero-order chi connectivity index (χ0) is 25.0. The van der Waals surface area contributed by atoms with Crippen LogP contribution in [0.2, 0.25) is 5.02 Å². The van der Waals surface area contributed by atoms with E-state index in [-0.39, 0.29) is 39.0 Å². The Morgan fingerprint density at radius 1 is 0.886 bits per heavy atom. The molecule has 0 fully saturated rings. The molecule has 1 amide bonds. The lowest BCUT2D eigenvalue weighted by Crippen LogP contribution is -2.41. The largest absolute Gasteiger partial charge is 0.319 e. The minimum absolute atomic E-state index is 0.0376. The maximum atomic E-state index is 13.8. The van der Waals surface area contributed by atoms with Crippen molar-refractivity contribution in [2.24, 2.45) is 0 Å². The number of ketones is 1. The lowest BCUT2D eigenvalue weighted by atomic mass is 10.0. The van der Waals surface area contributed by atoms with Crippen LogP contribution in [0, 0.1) is 0 Å². The lowest BCUT2D eigenvalue weighted by Gasteiger charge is -2.33. The summed E-state index contributed by atoms with van der Waals surface area (Å²) >= 11 is 6.24. The molecule has 1 N–H and O–H groups in total. The van der Waals surface area contributed by atoms with Gasteiger partial charge in [-0.2, -0.15) is 0 Å². The molecule has 0 aliphatic carbocycles. The Kier molecular flexibility index (Phi) is 7.38. The quantitative estimate of drug-likeness (QED) is 0.321. The number of hydrogen-bond acceptors (Lipinski definition) is 4. The van der Waals surface area contributed by atoms with Crippen LogP contribution in [0.15, 0.2) is 89.5 Å². The van der Waals surface area contributed by atoms with Crippen molar-refractivity contribution in [2.75, 3.05) is 6.54 Å². The van der Waals surface area contributed by atoms with Crippen LogP contribution < -0.4 is 5.32 Å². The normalized spacial score (nSPS) is 14.4. The highest BCUT2D eigenvalue weighted by Crippen LogP contribution is 2.37. The first-order valence-corrected chi connectivity index (χ1v) is 13.2. The highest BCUT2D eigenvalue weighted by Gasteiger charge is 2.40. The van der Waals surface area contributed by atoms with Gasteiger partial charge in [-0.25, -0.2) is 8.42 Å². The molecule has 0 unspecified atom stereocenters. The van der Waals surface area contributed by atoms with E-state index in [1.165, 1.54) is 6.07 Å². The molecule has 35 heavy (non-hydrogen) atoms. The van der Waals surface area contributed by atoms with Gasteiger partial charge in [0.1, 0.15) is 5.70 Å². The third kappa shape index (κ3) is 4.88. The molecule has 3 aromatic rings. The van der Waals surface area contributed by atoms with Gasteiger partial charge in [-0.3, -0.25) is 13.9 Å². The molecule has 0 aromatic heterocycles. The van der Waals surface area contributed by atoms with Crippen LogP contribution in [0.5, 0.6) is 0 Å². The SMILES string of the molecule is CCCCCN1C(C(=O)c2ccccc2)=C(NC(=O)c2ccccc2Cl)c2ccccc2S1(=O)=O. The summed E-state index contributed by atoms with van der Waals surface area (Å²) in [6, 6.07) is 21.4. The molecule has 8 heteroatoms. The molecule has 4 rings (SSSR count). The fourth-order valence-corrected chi connectivity index (χ4v) is 5.97. The van der Waals surface area contributed by atoms with E-state index >= 15 is 0 Å². The third-order valence-corrected chi connectivity index (χ3v) is 7.97. The predicted octanol–water partition coefficient (Wildman–Crippen LogP) is 5.52. The van der Waals surface area contributed by atoms with Gasteiger partial charge in [0.15, 0.2) is 0 Å². The standard InChI is InChI=1S/C27H25ClN2O4S/c1-2-3-11-18-30-25(26(31)19-12-5-4-6-13-19)24(21-15-8-10-17-23(21)35(30,33)34)29-27(32)20-14-7-9-16-22(20)28/h4-10,12-17H,2-3,11,18H2,1H3,(H,29,32). The number of carbonyl (C=O) groups excluding carboxylic acids is 2. The molecule has 3 aromatic carbocycles. The van der Waals surface area contributed by atoms with Crippen LogP contribution >= 0.6 is 11.6 Å². The Morgan fingerprint density at radius 2 is 1.54 bits per heavy atom. The van der Waals surface area contributed by atoms with Crippen molar-refractivity contribution >= 4 is 39.0 Å². The van der Waals surface area contributed by atoms with Crippen molar-refractivity contribution in [3.63, 3.8) is 0 Å². The summed E-state index contributed by atoms with van der Waals surface area (Å²) < 4.78 is 28.6. The first kappa shape index (κ1) is 24.7. The summed E-state index contributed by atoms with van der Waals surface area (Å²) in [5.74, 6) is -1.03. The number of sulfonamides is 1. The van der Waals surface area contributed by atoms with E-state index in [4.69, 9.17) is 11.6 Å². The number of carbonyl (C=O) groups is 2. The maximum absolute atomic E-state index is 13.8. The van der Waals surface area contributed by atoms with E-state index in [0.717, 1.165) is 17.1 Å². The average Bonchev–Trinajstić information content (AvgIpc) is 2.87. The van der Waals surface area contributed by atoms with Crippen molar-refractivity contribution in [3.8, 4) is 0 Å². The van der Waals surface area contributed by atoms with Crippen LogP contribution in [0.25, 0.3) is 5.70 Å². The monoisotopic (exact) mass is 508 g/mol. The van der Waals surface area contributed by atoms with Gasteiger partial charge >= 0.3 is 0 Å². The van der Waals surface area contributed by atoms with Gasteiger partial charge in [-0.1, -0.05) is 92.0 Å². The number of unbranched alkanes of at least 4 members (excludes halogenated alkanes) is 2. The van der Waals surface area contributed by atoms with Crippen molar-refractivity contribution < 1.29 is 18.0 Å². The summed E-state index contributed by atoms with van der Waals surface area (Å²) in [5.41, 5.74) is 0.870. The van der Waals surface area contributed by atoms with Gasteiger partial charge in [-0.05, 0) is 24.6 Å². The molecule has 180 valence electrons. The highest BCUT2D eigenvalue weighted by atomic mass is 35.5. The second kappa shape index (κ2) is 10.5. The Bertz CT molecular complexity index is 1400. The van der Waals surface area contributed by atoms with Crippen LogP contribution in [0.3, 0.4) is 0 Å². The van der Waals surface area contributed by atoms with Gasteiger partial charge in [0, 0.05) is 17.7 Å². The highest BCUT2D eigenvalue weighted by molar-refractivity contribution is 7.89. The predicted molar refractivity (Wildman–Crippen MR) is 136 cm³/mol. The van der Waals surface area contributed by atoms with Crippen LogP contribution in [0.4, 0.5) is 0 Å². The maximum Gasteiger partial charge on any atom is 0.265 e. The van der Waals surface area contributed by atoms with Gasteiger partial charge in [0.2, 0.25) is 5.78 Å². The third-order valence-electron chi connectivity index (χ3n) is 5.78. The zero-order valence-electron chi connectivity index (χ0n) is 19.2. The van der Waals surface area contributed by atoms with Gasteiger partial charge in [-0.15, -0.1) is 0 Å². The molecule has 1 aliphatic heterocycles. The van der Waals surface area contributed by atoms with Crippen LogP contribution in [-0.4, -0.2) is 31.0 Å². The Balaban J connectivity index is 1.94. The second-order valence-corrected chi connectivity index (χ2v) is 10.4. The molecule has 0 spiro atoms. The number of rotatable bonds is 8. The molecule has 0 saturated heterocycles. The number of halogens is 1. The van der Waals surface area contributed by atoms with Crippen molar-refractivity contribution in [2.45, 2.75) is 31.1 Å². The second-order valence-electron chi connectivity index (χ2n) is 8.13. The lowest BCUT2D eigenvalue weighted by molar-refractivity contribution is 0.0972. The summed E-state index contributed by atoms with van der Waals surface area (Å²) in [6.07, 6.45) is 2.24. The molecular weight excluding hydrogens is 484 g/mol. The number of benzene rings is 3. The molecular formula is C27H25ClN2O4S. The van der Waals surface area contributed by atoms with Crippen molar-refractivity contribution in [1.82, 2.24) is 9.62 Å². The number of hydrogen-bond donors (Lipinski definition) is 1. The summed E-state index contributed by atoms with van der Waals surface area (Å²) in [7, 11) is -4.03. The summed E-state index contributed by atoms with van der Waals surface area (Å²) in [5, 5.41) is 3.07. The van der Waals surface area contributed by atoms with Gasteiger partial charge in [0.25, 0.3) is 15.9 Å². The first-order chi connectivity index (χ1) is 16.9. The summed E-state index contributed by atoms with van der Waals surface area (Å²) in [6.45, 7) is 2.13. The zero-order valence-corrected chi connectivity index (χ0v) is 20.8. The van der Waals surface area contributed by atoms with Crippen molar-refractivity contribution in [3.05, 3.63) is 106 Å². The van der Waals surface area contributed by atoms with E-state index in [1.54, 1.807) is 72.8 Å². The topological polar surface area (TPSA) is 83.6 Å². The van der Waals surface area contributed by atoms with Crippen LogP contribution in [0.1, 0.15) is 52.5 Å². The Labute approximate surface area is 210 Å². The first-order valence-electron chi connectivity index (χ1n) is 11.4. The van der Waals surface area contributed by atoms with E-state index in [1.807, 2.05) is 6.92 Å². The van der Waals surface area contributed by atoms with E-state index in [9.17, 15) is 18.0 Å². The number of Topliss-reactive ketones (excluding diaryl/α,β-unsaturated/α-hetero) is 1. The smallest absolute Gasteiger partial charge is 0.265 e. The molecule has 0 saturated carbocycles. The minimum Gasteiger partial charge on any atom is -0.319 e. The van der Waals surface area contributed by atoms with Crippen LogP contribution in [-0.2, 0) is 10.0 Å². The Morgan fingerprint density at radius 3 is 2.26 bits per heavy atom. The number of nitrogens with zero attached hydrogens (tertiary/aromatic N) is 1. The number of allylic oxidation sites excluding steroid dienone is 1. The number of fused-ring (bicyclic) bond motifs is 1. The Hall–Kier alpha value is -3.42. The molecule has 6 nitrogen and oxygen atoms in total. The molecule has 1 heterocycles. The van der Waals surface area contributed by atoms with Crippen molar-refractivity contribution in [1.29, 1.82) is 0 Å². The number of nitrogens with one attached hydrogen (secondary N) is 1. The molecule has 0 bridgehead atoms. The summed E-state index contributed by atoms with van der Waals surface area (Å²) in [4.78, 5) is 27.1. The fraction of sp³-hybridized carbons (Fsp3) is 0.185. The van der Waals surface area contributed by atoms with E-state index < -0.39 is 21.7 Å². The van der Waals surface area contributed by atoms with E-state index in [0.29, 0.717) is 12.0 Å². The molecule has 0 atom stereocenters. The number of amides is 1.